The fourth-order valence-electron chi connectivity index (χ4n) is 9.78. The van der Waals surface area contributed by atoms with Crippen molar-refractivity contribution in [1.82, 2.24) is 0 Å². The van der Waals surface area contributed by atoms with Crippen molar-refractivity contribution < 1.29 is 14.6 Å². The molecule has 1 N–H and O–H groups in total. The topological polar surface area (TPSA) is 46.5 Å². The molecular weight excluding hydrogens is 480 g/mol. The smallest absolute Gasteiger partial charge is 0.371 e. The molecule has 0 bridgehead atoms. The Bertz CT molecular complexity index is 1070. The molecule has 3 heteroatoms. The van der Waals surface area contributed by atoms with Crippen LogP contribution in [0.2, 0.25) is 0 Å². The van der Waals surface area contributed by atoms with Crippen LogP contribution in [0.5, 0.6) is 0 Å². The summed E-state index contributed by atoms with van der Waals surface area (Å²) in [7, 11) is 0. The molecule has 3 fully saturated rings. The molecule has 4 aliphatic carbocycles. The Kier molecular flexibility index (Phi) is 8.37. The molecule has 0 saturated heterocycles. The second-order valence-corrected chi connectivity index (χ2v) is 14.5. The summed E-state index contributed by atoms with van der Waals surface area (Å²) in [6.45, 7) is 12.5. The van der Waals surface area contributed by atoms with E-state index >= 15 is 0 Å². The van der Waals surface area contributed by atoms with Crippen LogP contribution in [0.4, 0.5) is 0 Å². The molecule has 1 aromatic rings. The number of benzene rings is 1. The molecule has 0 heterocycles. The first kappa shape index (κ1) is 28.5. The highest BCUT2D eigenvalue weighted by Crippen LogP contribution is 2.67. The van der Waals surface area contributed by atoms with E-state index in [1.165, 1.54) is 51.4 Å². The van der Waals surface area contributed by atoms with E-state index in [0.717, 1.165) is 60.3 Å². The molecule has 0 radical (unpaired) electrons. The van der Waals surface area contributed by atoms with Gasteiger partial charge >= 0.3 is 5.97 Å². The number of carbonyl (C=O) groups is 1. The van der Waals surface area contributed by atoms with Gasteiger partial charge in [0.2, 0.25) is 5.76 Å². The lowest BCUT2D eigenvalue weighted by atomic mass is 9.47. The summed E-state index contributed by atoms with van der Waals surface area (Å²) in [5.74, 6) is 4.09. The maximum Gasteiger partial charge on any atom is 0.371 e. The van der Waals surface area contributed by atoms with Crippen LogP contribution in [0.15, 0.2) is 47.7 Å². The van der Waals surface area contributed by atoms with Crippen molar-refractivity contribution in [3.05, 3.63) is 53.3 Å². The van der Waals surface area contributed by atoms with Gasteiger partial charge in [-0.05, 0) is 103 Å². The molecule has 1 unspecified atom stereocenters. The van der Waals surface area contributed by atoms with E-state index in [1.54, 1.807) is 11.6 Å². The summed E-state index contributed by atoms with van der Waals surface area (Å²) < 4.78 is 6.18. The third kappa shape index (κ3) is 5.62. The normalized spacial score (nSPS) is 36.9. The predicted octanol–water partition coefficient (Wildman–Crippen LogP) is 9.54. The molecule has 214 valence electrons. The number of carboxylic acid groups (broad SMARTS) is 1. The lowest BCUT2D eigenvalue weighted by Gasteiger charge is -2.58. The molecule has 0 aliphatic heterocycles. The fraction of sp³-hybridized carbons (Fsp3) is 0.694. The first-order chi connectivity index (χ1) is 18.6. The molecule has 5 rings (SSSR count). The van der Waals surface area contributed by atoms with Crippen molar-refractivity contribution in [1.29, 1.82) is 0 Å². The van der Waals surface area contributed by atoms with E-state index in [2.05, 4.69) is 40.7 Å². The highest BCUT2D eigenvalue weighted by molar-refractivity contribution is 5.89. The van der Waals surface area contributed by atoms with Gasteiger partial charge < -0.3 is 9.84 Å². The lowest BCUT2D eigenvalue weighted by molar-refractivity contribution is -0.138. The van der Waals surface area contributed by atoms with Crippen LogP contribution in [0.3, 0.4) is 0 Å². The largest absolute Gasteiger partial charge is 0.483 e. The minimum absolute atomic E-state index is 0.0525. The van der Waals surface area contributed by atoms with E-state index < -0.39 is 5.97 Å². The van der Waals surface area contributed by atoms with Crippen LogP contribution in [0, 0.1) is 46.3 Å². The molecular formula is C36H52O3. The number of aliphatic carboxylic acids is 1. The maximum atomic E-state index is 12.0. The van der Waals surface area contributed by atoms with Gasteiger partial charge in [-0.3, -0.25) is 0 Å². The highest BCUT2D eigenvalue weighted by Gasteiger charge is 2.59. The number of carboxylic acids is 1. The van der Waals surface area contributed by atoms with Gasteiger partial charge in [0, 0.05) is 6.42 Å². The molecule has 0 amide bonds. The minimum atomic E-state index is -0.981. The van der Waals surface area contributed by atoms with Crippen LogP contribution in [0.25, 0.3) is 6.08 Å². The van der Waals surface area contributed by atoms with Gasteiger partial charge in [-0.2, -0.15) is 0 Å². The number of hydrogen-bond donors (Lipinski definition) is 1. The van der Waals surface area contributed by atoms with Crippen LogP contribution >= 0.6 is 0 Å². The first-order valence-electron chi connectivity index (χ1n) is 16.0. The number of allylic oxidation sites excluding steroid dienone is 1. The summed E-state index contributed by atoms with van der Waals surface area (Å²) in [5, 5.41) is 9.84. The fourth-order valence-corrected chi connectivity index (χ4v) is 9.78. The quantitative estimate of drug-likeness (QED) is 0.196. The minimum Gasteiger partial charge on any atom is -0.483 e. The van der Waals surface area contributed by atoms with E-state index in [4.69, 9.17) is 4.74 Å². The molecule has 8 atom stereocenters. The summed E-state index contributed by atoms with van der Waals surface area (Å²) in [4.78, 5) is 12.0. The van der Waals surface area contributed by atoms with Gasteiger partial charge in [-0.1, -0.05) is 95.9 Å². The zero-order chi connectivity index (χ0) is 27.8. The average molecular weight is 533 g/mol. The Labute approximate surface area is 237 Å². The Morgan fingerprint density at radius 1 is 1.03 bits per heavy atom. The van der Waals surface area contributed by atoms with E-state index in [9.17, 15) is 9.90 Å². The Balaban J connectivity index is 1.27. The average Bonchev–Trinajstić information content (AvgIpc) is 3.26. The van der Waals surface area contributed by atoms with E-state index in [-0.39, 0.29) is 17.3 Å². The Morgan fingerprint density at radius 2 is 1.79 bits per heavy atom. The van der Waals surface area contributed by atoms with Crippen LogP contribution < -0.4 is 0 Å². The van der Waals surface area contributed by atoms with E-state index in [1.807, 2.05) is 30.3 Å². The SMILES string of the molecule is CC(C)CCC[C@@H](C)[C@H]1CC[C@H]2[C@@H]3CC=C4CC(O/C(=C/c5ccccc5)C(=O)O)CC[C@]4(C)[C@H]3CC[C@]12C. The number of ether oxygens (including phenoxy) is 1. The number of fused-ring (bicyclic) bond motifs is 5. The van der Waals surface area contributed by atoms with Crippen molar-refractivity contribution in [2.45, 2.75) is 111 Å². The lowest BCUT2D eigenvalue weighted by Crippen LogP contribution is -2.51. The molecule has 39 heavy (non-hydrogen) atoms. The molecule has 0 aromatic heterocycles. The van der Waals surface area contributed by atoms with Gasteiger partial charge in [0.15, 0.2) is 0 Å². The van der Waals surface area contributed by atoms with E-state index in [0.29, 0.717) is 5.41 Å². The zero-order valence-electron chi connectivity index (χ0n) is 25.1. The van der Waals surface area contributed by atoms with Gasteiger partial charge in [0.05, 0.1) is 0 Å². The summed E-state index contributed by atoms with van der Waals surface area (Å²) in [6.07, 6.45) is 18.1. The summed E-state index contributed by atoms with van der Waals surface area (Å²) >= 11 is 0. The van der Waals surface area contributed by atoms with Crippen molar-refractivity contribution in [3.8, 4) is 0 Å². The summed E-state index contributed by atoms with van der Waals surface area (Å²) in [6, 6.07) is 9.64. The third-order valence-corrected chi connectivity index (χ3v) is 11.9. The predicted molar refractivity (Wildman–Crippen MR) is 160 cm³/mol. The Morgan fingerprint density at radius 3 is 2.51 bits per heavy atom. The molecule has 4 aliphatic rings. The van der Waals surface area contributed by atoms with Gasteiger partial charge in [0.25, 0.3) is 0 Å². The van der Waals surface area contributed by atoms with Crippen molar-refractivity contribution >= 4 is 12.0 Å². The third-order valence-electron chi connectivity index (χ3n) is 11.9. The number of rotatable bonds is 9. The first-order valence-corrected chi connectivity index (χ1v) is 16.0. The number of hydrogen-bond acceptors (Lipinski definition) is 2. The van der Waals surface area contributed by atoms with Crippen LogP contribution in [0.1, 0.15) is 111 Å². The highest BCUT2D eigenvalue weighted by atomic mass is 16.5. The monoisotopic (exact) mass is 532 g/mol. The van der Waals surface area contributed by atoms with Gasteiger partial charge in [0.1, 0.15) is 6.10 Å². The second-order valence-electron chi connectivity index (χ2n) is 14.5. The van der Waals surface area contributed by atoms with Crippen molar-refractivity contribution in [2.24, 2.45) is 46.3 Å². The van der Waals surface area contributed by atoms with Crippen molar-refractivity contribution in [3.63, 3.8) is 0 Å². The van der Waals surface area contributed by atoms with Crippen LogP contribution in [-0.4, -0.2) is 17.2 Å². The standard InChI is InChI=1S/C36H52O3/c1-24(2)10-9-11-25(3)30-16-17-31-29-15-14-27-23-28(18-20-35(27,4)32(29)19-21-36(30,31)5)39-33(34(37)38)22-26-12-7-6-8-13-26/h6-8,12-14,22,24-25,28-32H,9-11,15-21,23H2,1-5H3,(H,37,38)/b33-22+/t25-,28?,29+,30-,31+,32+,35+,36-/m1/s1. The van der Waals surface area contributed by atoms with Gasteiger partial charge in [-0.25, -0.2) is 4.79 Å². The molecule has 3 nitrogen and oxygen atoms in total. The van der Waals surface area contributed by atoms with Crippen LogP contribution in [-0.2, 0) is 9.53 Å². The maximum absolute atomic E-state index is 12.0. The molecule has 0 spiro atoms. The zero-order valence-corrected chi connectivity index (χ0v) is 25.1. The summed E-state index contributed by atoms with van der Waals surface area (Å²) in [5.41, 5.74) is 3.17. The molecule has 3 saturated carbocycles. The molecule has 1 aromatic carbocycles. The second kappa shape index (κ2) is 11.5. The van der Waals surface area contributed by atoms with Gasteiger partial charge in [-0.15, -0.1) is 0 Å². The van der Waals surface area contributed by atoms with Crippen molar-refractivity contribution in [2.75, 3.05) is 0 Å². The Hall–Kier alpha value is -2.03.